The van der Waals surface area contributed by atoms with Gasteiger partial charge >= 0.3 is 0 Å². The van der Waals surface area contributed by atoms with Crippen molar-refractivity contribution in [2.75, 3.05) is 5.73 Å². The molecular formula is C9H8FNOS. The maximum absolute atomic E-state index is 13.0. The van der Waals surface area contributed by atoms with Gasteiger partial charge in [-0.2, -0.15) is 0 Å². The quantitative estimate of drug-likeness (QED) is 0.688. The lowest BCUT2D eigenvalue weighted by Crippen LogP contribution is -1.90. The van der Waals surface area contributed by atoms with E-state index in [9.17, 15) is 4.39 Å². The molecule has 2 nitrogen and oxygen atoms in total. The third-order valence-corrected chi connectivity index (χ3v) is 3.06. The Morgan fingerprint density at radius 2 is 2.23 bits per heavy atom. The Bertz CT molecular complexity index is 452. The van der Waals surface area contributed by atoms with Gasteiger partial charge in [-0.1, -0.05) is 6.07 Å². The van der Waals surface area contributed by atoms with E-state index in [0.29, 0.717) is 4.70 Å². The number of fused-ring (bicyclic) bond motifs is 1. The zero-order valence-electron chi connectivity index (χ0n) is 6.75. The Labute approximate surface area is 78.4 Å². The molecule has 0 spiro atoms. The number of aliphatic hydroxyl groups is 1. The molecule has 0 aliphatic rings. The summed E-state index contributed by atoms with van der Waals surface area (Å²) in [5.74, 6) is -0.404. The number of benzene rings is 1. The van der Waals surface area contributed by atoms with E-state index in [0.717, 1.165) is 10.9 Å². The van der Waals surface area contributed by atoms with Crippen molar-refractivity contribution in [2.45, 2.75) is 6.61 Å². The molecule has 0 bridgehead atoms. The molecular weight excluding hydrogens is 189 g/mol. The second-order valence-corrected chi connectivity index (χ2v) is 3.64. The highest BCUT2D eigenvalue weighted by atomic mass is 32.1. The van der Waals surface area contributed by atoms with E-state index in [-0.39, 0.29) is 12.3 Å². The Morgan fingerprint density at radius 1 is 1.46 bits per heavy atom. The molecule has 0 radical (unpaired) electrons. The van der Waals surface area contributed by atoms with Crippen molar-refractivity contribution in [3.8, 4) is 0 Å². The van der Waals surface area contributed by atoms with Crippen LogP contribution in [0.25, 0.3) is 10.1 Å². The molecule has 0 fully saturated rings. The maximum Gasteiger partial charge on any atom is 0.147 e. The number of nitrogen functional groups attached to an aromatic ring is 1. The van der Waals surface area contributed by atoms with Crippen LogP contribution in [-0.4, -0.2) is 5.11 Å². The fourth-order valence-corrected chi connectivity index (χ4v) is 2.28. The van der Waals surface area contributed by atoms with Gasteiger partial charge in [0.25, 0.3) is 0 Å². The van der Waals surface area contributed by atoms with E-state index in [1.165, 1.54) is 17.4 Å². The van der Waals surface area contributed by atoms with Gasteiger partial charge in [-0.25, -0.2) is 4.39 Å². The average molecular weight is 197 g/mol. The highest BCUT2D eigenvalue weighted by Crippen LogP contribution is 2.32. The zero-order chi connectivity index (χ0) is 9.42. The van der Waals surface area contributed by atoms with Crippen LogP contribution in [0.2, 0.25) is 0 Å². The maximum atomic E-state index is 13.0. The first-order chi connectivity index (χ1) is 6.24. The van der Waals surface area contributed by atoms with Gasteiger partial charge < -0.3 is 10.8 Å². The predicted octanol–water partition coefficient (Wildman–Crippen LogP) is 2.11. The normalized spacial score (nSPS) is 10.9. The highest BCUT2D eigenvalue weighted by molar-refractivity contribution is 7.18. The van der Waals surface area contributed by atoms with Crippen LogP contribution in [0.3, 0.4) is 0 Å². The number of hydrogen-bond donors (Lipinski definition) is 2. The lowest BCUT2D eigenvalue weighted by molar-refractivity contribution is 0.284. The van der Waals surface area contributed by atoms with Crippen molar-refractivity contribution >= 4 is 27.1 Å². The van der Waals surface area contributed by atoms with Crippen molar-refractivity contribution in [3.63, 3.8) is 0 Å². The number of halogens is 1. The first-order valence-corrected chi connectivity index (χ1v) is 4.67. The van der Waals surface area contributed by atoms with Gasteiger partial charge in [-0.15, -0.1) is 11.3 Å². The summed E-state index contributed by atoms with van der Waals surface area (Å²) < 4.78 is 13.7. The van der Waals surface area contributed by atoms with Crippen molar-refractivity contribution in [3.05, 3.63) is 28.9 Å². The Hall–Kier alpha value is -1.13. The van der Waals surface area contributed by atoms with Crippen molar-refractivity contribution in [1.82, 2.24) is 0 Å². The molecule has 1 aromatic carbocycles. The van der Waals surface area contributed by atoms with Crippen molar-refractivity contribution in [1.29, 1.82) is 0 Å². The molecule has 0 aliphatic carbocycles. The molecule has 0 saturated heterocycles. The van der Waals surface area contributed by atoms with Crippen LogP contribution >= 0.6 is 11.3 Å². The van der Waals surface area contributed by atoms with Crippen LogP contribution in [0.5, 0.6) is 0 Å². The summed E-state index contributed by atoms with van der Waals surface area (Å²) in [6.45, 7) is -0.0366. The molecule has 0 amide bonds. The van der Waals surface area contributed by atoms with E-state index >= 15 is 0 Å². The summed E-state index contributed by atoms with van der Waals surface area (Å²) in [4.78, 5) is 0. The fourth-order valence-electron chi connectivity index (χ4n) is 1.27. The first kappa shape index (κ1) is 8.47. The Balaban J connectivity index is 2.81. The van der Waals surface area contributed by atoms with E-state index in [4.69, 9.17) is 10.8 Å². The van der Waals surface area contributed by atoms with Gasteiger partial charge in [-0.05, 0) is 17.0 Å². The summed E-state index contributed by atoms with van der Waals surface area (Å²) >= 11 is 1.35. The number of hydrogen-bond acceptors (Lipinski definition) is 3. The molecule has 2 aromatic rings. The van der Waals surface area contributed by atoms with E-state index < -0.39 is 5.82 Å². The van der Waals surface area contributed by atoms with E-state index in [1.807, 2.05) is 0 Å². The average Bonchev–Trinajstić information content (AvgIpc) is 2.55. The molecule has 13 heavy (non-hydrogen) atoms. The predicted molar refractivity (Wildman–Crippen MR) is 52.1 cm³/mol. The standard InChI is InChI=1S/C9H8FNOS/c10-7-2-1-6-5(3-12)4-13-9(6)8(7)11/h1-2,4,12H,3,11H2. The van der Waals surface area contributed by atoms with Gasteiger partial charge in [0.2, 0.25) is 0 Å². The Morgan fingerprint density at radius 3 is 2.92 bits per heavy atom. The molecule has 1 heterocycles. The Kier molecular flexibility index (Phi) is 1.94. The largest absolute Gasteiger partial charge is 0.395 e. The molecule has 1 aromatic heterocycles. The van der Waals surface area contributed by atoms with Crippen LogP contribution in [0.1, 0.15) is 5.56 Å². The molecule has 0 aliphatic heterocycles. The lowest BCUT2D eigenvalue weighted by atomic mass is 10.1. The number of nitrogens with two attached hydrogens (primary N) is 1. The summed E-state index contributed by atoms with van der Waals surface area (Å²) in [6.07, 6.45) is 0. The molecule has 2 rings (SSSR count). The summed E-state index contributed by atoms with van der Waals surface area (Å²) in [6, 6.07) is 2.96. The van der Waals surface area contributed by atoms with Gasteiger partial charge in [0.1, 0.15) is 5.82 Å². The molecule has 0 atom stereocenters. The molecule has 68 valence electrons. The van der Waals surface area contributed by atoms with Gasteiger partial charge in [0.05, 0.1) is 17.0 Å². The number of rotatable bonds is 1. The fraction of sp³-hybridized carbons (Fsp3) is 0.111. The highest BCUT2D eigenvalue weighted by Gasteiger charge is 2.08. The smallest absolute Gasteiger partial charge is 0.147 e. The number of aliphatic hydroxyl groups excluding tert-OH is 1. The van der Waals surface area contributed by atoms with E-state index in [1.54, 1.807) is 11.4 Å². The molecule has 0 unspecified atom stereocenters. The molecule has 4 heteroatoms. The lowest BCUT2D eigenvalue weighted by Gasteiger charge is -1.98. The third-order valence-electron chi connectivity index (χ3n) is 1.98. The first-order valence-electron chi connectivity index (χ1n) is 3.79. The summed E-state index contributed by atoms with van der Waals surface area (Å²) in [7, 11) is 0. The molecule has 0 saturated carbocycles. The van der Waals surface area contributed by atoms with Crippen LogP contribution in [0.15, 0.2) is 17.5 Å². The van der Waals surface area contributed by atoms with Crippen LogP contribution in [0, 0.1) is 5.82 Å². The van der Waals surface area contributed by atoms with Crippen molar-refractivity contribution < 1.29 is 9.50 Å². The minimum Gasteiger partial charge on any atom is -0.395 e. The minimum atomic E-state index is -0.404. The van der Waals surface area contributed by atoms with Crippen LogP contribution in [0.4, 0.5) is 10.1 Å². The zero-order valence-corrected chi connectivity index (χ0v) is 7.57. The summed E-state index contributed by atoms with van der Waals surface area (Å²) in [5, 5.41) is 11.6. The SMILES string of the molecule is Nc1c(F)ccc2c(CO)csc12. The topological polar surface area (TPSA) is 46.2 Å². The van der Waals surface area contributed by atoms with Gasteiger partial charge in [-0.3, -0.25) is 0 Å². The number of thiophene rings is 1. The van der Waals surface area contributed by atoms with Crippen LogP contribution < -0.4 is 5.73 Å². The summed E-state index contributed by atoms with van der Waals surface area (Å²) in [5.41, 5.74) is 6.51. The second-order valence-electron chi connectivity index (χ2n) is 2.76. The van der Waals surface area contributed by atoms with Gasteiger partial charge in [0, 0.05) is 5.39 Å². The number of anilines is 1. The third kappa shape index (κ3) is 1.18. The monoisotopic (exact) mass is 197 g/mol. The van der Waals surface area contributed by atoms with Gasteiger partial charge in [0.15, 0.2) is 0 Å². The minimum absolute atomic E-state index is 0.0366. The molecule has 3 N–H and O–H groups in total. The van der Waals surface area contributed by atoms with Crippen molar-refractivity contribution in [2.24, 2.45) is 0 Å². The second kappa shape index (κ2) is 2.97. The van der Waals surface area contributed by atoms with Crippen LogP contribution in [-0.2, 0) is 6.61 Å². The van der Waals surface area contributed by atoms with E-state index in [2.05, 4.69) is 0 Å².